The molecule has 3 atom stereocenters. The largest absolute Gasteiger partial charge is 0.447 e. The number of amides is 3. The van der Waals surface area contributed by atoms with Crippen molar-refractivity contribution in [3.63, 3.8) is 0 Å². The Morgan fingerprint density at radius 1 is 1.15 bits per heavy atom. The molecule has 0 radical (unpaired) electrons. The fourth-order valence-corrected chi connectivity index (χ4v) is 4.72. The summed E-state index contributed by atoms with van der Waals surface area (Å²) in [5, 5.41) is 0. The number of hydrogen-bond acceptors (Lipinski definition) is 6. The van der Waals surface area contributed by atoms with Crippen molar-refractivity contribution >= 4 is 18.1 Å². The lowest BCUT2D eigenvalue weighted by Crippen LogP contribution is -2.51. The molecule has 0 spiro atoms. The van der Waals surface area contributed by atoms with Gasteiger partial charge >= 0.3 is 12.2 Å². The molecule has 2 saturated heterocycles. The van der Waals surface area contributed by atoms with Crippen LogP contribution in [0, 0.1) is 5.92 Å². The van der Waals surface area contributed by atoms with Crippen molar-refractivity contribution in [2.75, 3.05) is 13.2 Å². The summed E-state index contributed by atoms with van der Waals surface area (Å²) in [7, 11) is 0. The van der Waals surface area contributed by atoms with Gasteiger partial charge in [-0.15, -0.1) is 0 Å². The highest BCUT2D eigenvalue weighted by atomic mass is 16.6. The second-order valence-electron chi connectivity index (χ2n) is 10.6. The Bertz CT molecular complexity index is 879. The van der Waals surface area contributed by atoms with E-state index in [9.17, 15) is 14.4 Å². The fraction of sp³-hybridized carbons (Fsp3) is 0.654. The average molecular weight is 475 g/mol. The first-order valence-electron chi connectivity index (χ1n) is 12.1. The van der Waals surface area contributed by atoms with Gasteiger partial charge in [0.15, 0.2) is 0 Å². The van der Waals surface area contributed by atoms with Gasteiger partial charge < -0.3 is 14.2 Å². The van der Waals surface area contributed by atoms with Gasteiger partial charge in [0.25, 0.3) is 0 Å². The summed E-state index contributed by atoms with van der Waals surface area (Å²) in [6.07, 6.45) is 1.23. The van der Waals surface area contributed by atoms with E-state index < -0.39 is 29.4 Å². The molecule has 2 aliphatic heterocycles. The fourth-order valence-electron chi connectivity index (χ4n) is 4.72. The predicted octanol–water partition coefficient (Wildman–Crippen LogP) is 4.75. The molecule has 188 valence electrons. The Hall–Kier alpha value is -2.61. The Balaban J connectivity index is 1.78. The van der Waals surface area contributed by atoms with Crippen LogP contribution in [0.1, 0.15) is 66.4 Å². The predicted molar refractivity (Wildman–Crippen MR) is 127 cm³/mol. The third kappa shape index (κ3) is 6.09. The van der Waals surface area contributed by atoms with Crippen molar-refractivity contribution in [3.8, 4) is 0 Å². The van der Waals surface area contributed by atoms with Gasteiger partial charge in [-0.1, -0.05) is 43.7 Å². The molecule has 2 fully saturated rings. The third-order valence-electron chi connectivity index (χ3n) is 6.22. The molecule has 34 heavy (non-hydrogen) atoms. The Morgan fingerprint density at radius 3 is 2.44 bits per heavy atom. The molecule has 3 amide bonds. The average Bonchev–Trinajstić information content (AvgIpc) is 3.25. The molecule has 0 aliphatic carbocycles. The zero-order valence-corrected chi connectivity index (χ0v) is 21.2. The molecule has 2 heterocycles. The number of cyclic esters (lactones) is 1. The van der Waals surface area contributed by atoms with Crippen LogP contribution in [-0.2, 0) is 25.4 Å². The molecule has 0 bridgehead atoms. The maximum Gasteiger partial charge on any atom is 0.416 e. The number of carbonyl (C=O) groups excluding carboxylic acids is 3. The van der Waals surface area contributed by atoms with E-state index in [0.717, 1.165) is 12.0 Å². The van der Waals surface area contributed by atoms with Crippen molar-refractivity contribution in [2.45, 2.75) is 90.6 Å². The zero-order chi connectivity index (χ0) is 25.1. The third-order valence-corrected chi connectivity index (χ3v) is 6.22. The molecule has 8 nitrogen and oxygen atoms in total. The summed E-state index contributed by atoms with van der Waals surface area (Å²) < 4.78 is 16.8. The van der Waals surface area contributed by atoms with E-state index in [4.69, 9.17) is 14.2 Å². The highest BCUT2D eigenvalue weighted by molar-refractivity contribution is 5.94. The molecule has 0 N–H and O–H groups in total. The van der Waals surface area contributed by atoms with Crippen LogP contribution < -0.4 is 0 Å². The first kappa shape index (κ1) is 26.0. The topological polar surface area (TPSA) is 85.4 Å². The number of ether oxygens (including phenoxy) is 3. The molecular formula is C26H38N2O6. The summed E-state index contributed by atoms with van der Waals surface area (Å²) in [6, 6.07) is 9.08. The first-order chi connectivity index (χ1) is 15.9. The van der Waals surface area contributed by atoms with Crippen LogP contribution >= 0.6 is 0 Å². The van der Waals surface area contributed by atoms with E-state index in [-0.39, 0.29) is 24.6 Å². The number of benzene rings is 1. The second kappa shape index (κ2) is 10.3. The number of rotatable bonds is 7. The van der Waals surface area contributed by atoms with E-state index in [1.54, 1.807) is 4.90 Å². The van der Waals surface area contributed by atoms with E-state index in [1.165, 1.54) is 4.90 Å². The smallest absolute Gasteiger partial charge is 0.416 e. The molecule has 8 heteroatoms. The quantitative estimate of drug-likeness (QED) is 0.567. The van der Waals surface area contributed by atoms with Crippen LogP contribution in [-0.4, -0.2) is 64.5 Å². The molecule has 2 aliphatic rings. The first-order valence-corrected chi connectivity index (χ1v) is 12.1. The normalized spacial score (nSPS) is 23.1. The Labute approximate surface area is 202 Å². The van der Waals surface area contributed by atoms with Crippen molar-refractivity contribution in [2.24, 2.45) is 5.92 Å². The minimum absolute atomic E-state index is 0.182. The van der Waals surface area contributed by atoms with Gasteiger partial charge in [-0.3, -0.25) is 9.69 Å². The van der Waals surface area contributed by atoms with E-state index in [1.807, 2.05) is 71.9 Å². The molecule has 1 aromatic rings. The lowest BCUT2D eigenvalue weighted by atomic mass is 9.92. The number of carbonyl (C=O) groups is 3. The summed E-state index contributed by atoms with van der Waals surface area (Å²) in [5.74, 6) is -0.694. The molecule has 0 unspecified atom stereocenters. The SMILES string of the molecule is CCC[C@H](C[C@H]1COC(C)(C)N1C(=O)OC(C)(C)C)C(=O)N1C(=O)OC[C@H]1Cc1ccccc1. The van der Waals surface area contributed by atoms with Crippen molar-refractivity contribution in [3.05, 3.63) is 35.9 Å². The standard InChI is InChI=1S/C26H38N2O6/c1-7-11-19(15-21-17-33-26(5,6)28(21)24(31)34-25(2,3)4)22(29)27-20(16-32-23(27)30)14-18-12-9-8-10-13-18/h8-10,12-13,19-21H,7,11,14-17H2,1-6H3/t19-,20-,21+/m1/s1. The second-order valence-corrected chi connectivity index (χ2v) is 10.6. The van der Waals surface area contributed by atoms with E-state index >= 15 is 0 Å². The minimum atomic E-state index is -0.852. The lowest BCUT2D eigenvalue weighted by molar-refractivity contribution is -0.134. The minimum Gasteiger partial charge on any atom is -0.447 e. The van der Waals surface area contributed by atoms with Crippen LogP contribution in [0.4, 0.5) is 9.59 Å². The number of nitrogens with zero attached hydrogens (tertiary/aromatic N) is 2. The Morgan fingerprint density at radius 2 is 1.82 bits per heavy atom. The van der Waals surface area contributed by atoms with Crippen LogP contribution in [0.15, 0.2) is 30.3 Å². The van der Waals surface area contributed by atoms with Gasteiger partial charge in [0.1, 0.15) is 17.9 Å². The van der Waals surface area contributed by atoms with Gasteiger partial charge in [0, 0.05) is 5.92 Å². The van der Waals surface area contributed by atoms with Gasteiger partial charge in [-0.2, -0.15) is 0 Å². The van der Waals surface area contributed by atoms with Crippen LogP contribution in [0.5, 0.6) is 0 Å². The summed E-state index contributed by atoms with van der Waals surface area (Å²) in [5.41, 5.74) is -0.462. The van der Waals surface area contributed by atoms with Crippen molar-refractivity contribution in [1.82, 2.24) is 9.80 Å². The lowest BCUT2D eigenvalue weighted by Gasteiger charge is -2.36. The van der Waals surface area contributed by atoms with Gasteiger partial charge in [-0.05, 0) is 59.4 Å². The van der Waals surface area contributed by atoms with E-state index in [2.05, 4.69) is 0 Å². The van der Waals surface area contributed by atoms with Crippen LogP contribution in [0.3, 0.4) is 0 Å². The molecular weight excluding hydrogens is 436 g/mol. The zero-order valence-electron chi connectivity index (χ0n) is 21.2. The summed E-state index contributed by atoms with van der Waals surface area (Å²) in [6.45, 7) is 11.6. The summed E-state index contributed by atoms with van der Waals surface area (Å²) >= 11 is 0. The van der Waals surface area contributed by atoms with Gasteiger partial charge in [0.05, 0.1) is 18.7 Å². The van der Waals surface area contributed by atoms with Gasteiger partial charge in [-0.25, -0.2) is 14.5 Å². The molecule has 1 aromatic carbocycles. The van der Waals surface area contributed by atoms with Crippen LogP contribution in [0.25, 0.3) is 0 Å². The van der Waals surface area contributed by atoms with E-state index in [0.29, 0.717) is 25.9 Å². The maximum atomic E-state index is 13.7. The molecule has 3 rings (SSSR count). The molecule has 0 saturated carbocycles. The molecule has 0 aromatic heterocycles. The highest BCUT2D eigenvalue weighted by Gasteiger charge is 2.48. The van der Waals surface area contributed by atoms with Crippen molar-refractivity contribution < 1.29 is 28.6 Å². The number of imide groups is 1. The summed E-state index contributed by atoms with van der Waals surface area (Å²) in [4.78, 5) is 42.1. The van der Waals surface area contributed by atoms with Crippen LogP contribution in [0.2, 0.25) is 0 Å². The van der Waals surface area contributed by atoms with Crippen molar-refractivity contribution in [1.29, 1.82) is 0 Å². The number of hydrogen-bond donors (Lipinski definition) is 0. The van der Waals surface area contributed by atoms with Gasteiger partial charge in [0.2, 0.25) is 5.91 Å². The maximum absolute atomic E-state index is 13.7. The highest BCUT2D eigenvalue weighted by Crippen LogP contribution is 2.34. The monoisotopic (exact) mass is 474 g/mol. The Kier molecular flexibility index (Phi) is 7.91.